The zero-order chi connectivity index (χ0) is 8.55. The van der Waals surface area contributed by atoms with E-state index < -0.39 is 0 Å². The monoisotopic (exact) mass is 179 g/mol. The van der Waals surface area contributed by atoms with Crippen LogP contribution in [0.4, 0.5) is 0 Å². The van der Waals surface area contributed by atoms with Crippen LogP contribution in [0.15, 0.2) is 39.9 Å². The summed E-state index contributed by atoms with van der Waals surface area (Å²) in [5.74, 6) is -0.332. The molecular formula is C9H6ClNO. The Balaban J connectivity index is 2.43. The van der Waals surface area contributed by atoms with Gasteiger partial charge in [-0.05, 0) is 23.8 Å². The molecule has 0 spiro atoms. The average Bonchev–Trinajstić information content (AvgIpc) is 2.04. The van der Waals surface area contributed by atoms with Gasteiger partial charge < -0.3 is 0 Å². The molecule has 0 radical (unpaired) electrons. The molecule has 60 valence electrons. The fourth-order valence-corrected chi connectivity index (χ4v) is 1.45. The first kappa shape index (κ1) is 7.50. The Bertz CT molecular complexity index is 350. The summed E-state index contributed by atoms with van der Waals surface area (Å²) >= 11 is 5.76. The minimum Gasteiger partial charge on any atom is -0.272 e. The molecule has 0 saturated carbocycles. The molecule has 0 saturated heterocycles. The maximum absolute atomic E-state index is 11.2. The lowest BCUT2D eigenvalue weighted by Crippen LogP contribution is -2.16. The smallest absolute Gasteiger partial charge is 0.257 e. The molecule has 0 aromatic heterocycles. The molecule has 1 atom stereocenters. The van der Waals surface area contributed by atoms with E-state index in [1.165, 1.54) is 6.21 Å². The summed E-state index contributed by atoms with van der Waals surface area (Å²) in [5, 5.41) is 0.653. The van der Waals surface area contributed by atoms with Crippen LogP contribution in [0.1, 0.15) is 0 Å². The van der Waals surface area contributed by atoms with Crippen LogP contribution in [0.25, 0.3) is 0 Å². The molecular weight excluding hydrogens is 174 g/mol. The second-order valence-corrected chi connectivity index (χ2v) is 3.09. The van der Waals surface area contributed by atoms with E-state index in [-0.39, 0.29) is 11.8 Å². The molecule has 2 nitrogen and oxygen atoms in total. The zero-order valence-corrected chi connectivity index (χ0v) is 6.95. The summed E-state index contributed by atoms with van der Waals surface area (Å²) in [6, 6.07) is 0. The standard InChI is InChI=1S/C9H6ClNO/c10-7-1-2-8-6(5-7)3-4-11-9(8)12/h1-5,8H. The van der Waals surface area contributed by atoms with E-state index in [0.29, 0.717) is 5.03 Å². The van der Waals surface area contributed by atoms with E-state index in [1.807, 2.05) is 0 Å². The summed E-state index contributed by atoms with van der Waals surface area (Å²) in [5.41, 5.74) is 0.919. The van der Waals surface area contributed by atoms with E-state index >= 15 is 0 Å². The van der Waals surface area contributed by atoms with Gasteiger partial charge in [-0.3, -0.25) is 4.79 Å². The summed E-state index contributed by atoms with van der Waals surface area (Å²) in [7, 11) is 0. The number of nitrogens with zero attached hydrogens (tertiary/aromatic N) is 1. The largest absolute Gasteiger partial charge is 0.272 e. The van der Waals surface area contributed by atoms with Gasteiger partial charge in [-0.25, -0.2) is 4.99 Å². The van der Waals surface area contributed by atoms with Crippen LogP contribution in [-0.2, 0) is 4.79 Å². The van der Waals surface area contributed by atoms with Crippen LogP contribution < -0.4 is 0 Å². The normalized spacial score (nSPS) is 26.4. The van der Waals surface area contributed by atoms with Crippen molar-refractivity contribution in [3.63, 3.8) is 0 Å². The Labute approximate surface area is 74.9 Å². The SMILES string of the molecule is O=C1N=CC=C2C=C(Cl)C=CC12. The van der Waals surface area contributed by atoms with Crippen molar-refractivity contribution in [2.24, 2.45) is 10.9 Å². The van der Waals surface area contributed by atoms with E-state index in [4.69, 9.17) is 11.6 Å². The highest BCUT2D eigenvalue weighted by Crippen LogP contribution is 2.26. The third kappa shape index (κ3) is 1.14. The first-order valence-corrected chi connectivity index (χ1v) is 3.98. The number of aliphatic imine (C=N–C) groups is 1. The first-order chi connectivity index (χ1) is 5.77. The fourth-order valence-electron chi connectivity index (χ4n) is 1.25. The molecule has 2 rings (SSSR count). The first-order valence-electron chi connectivity index (χ1n) is 3.61. The van der Waals surface area contributed by atoms with Crippen LogP contribution >= 0.6 is 11.6 Å². The Morgan fingerprint density at radius 2 is 2.33 bits per heavy atom. The van der Waals surface area contributed by atoms with Crippen molar-refractivity contribution in [1.82, 2.24) is 0 Å². The van der Waals surface area contributed by atoms with E-state index in [2.05, 4.69) is 4.99 Å². The minimum atomic E-state index is -0.211. The number of halogens is 1. The van der Waals surface area contributed by atoms with Crippen LogP contribution in [-0.4, -0.2) is 12.1 Å². The predicted molar refractivity (Wildman–Crippen MR) is 48.1 cm³/mol. The van der Waals surface area contributed by atoms with Crippen molar-refractivity contribution in [3.8, 4) is 0 Å². The molecule has 1 heterocycles. The molecule has 0 aromatic carbocycles. The fraction of sp³-hybridized carbons (Fsp3) is 0.111. The highest BCUT2D eigenvalue weighted by atomic mass is 35.5. The Hall–Kier alpha value is -1.15. The predicted octanol–water partition coefficient (Wildman–Crippen LogP) is 1.83. The molecule has 0 aromatic rings. The van der Waals surface area contributed by atoms with E-state index in [9.17, 15) is 4.79 Å². The molecule has 12 heavy (non-hydrogen) atoms. The lowest BCUT2D eigenvalue weighted by Gasteiger charge is -2.16. The van der Waals surface area contributed by atoms with Gasteiger partial charge in [-0.15, -0.1) is 0 Å². The lowest BCUT2D eigenvalue weighted by molar-refractivity contribution is -0.119. The second-order valence-electron chi connectivity index (χ2n) is 2.65. The minimum absolute atomic E-state index is 0.121. The van der Waals surface area contributed by atoms with Crippen molar-refractivity contribution < 1.29 is 4.79 Å². The van der Waals surface area contributed by atoms with Gasteiger partial charge in [0.15, 0.2) is 0 Å². The van der Waals surface area contributed by atoms with Gasteiger partial charge in [0.05, 0.1) is 5.92 Å². The van der Waals surface area contributed by atoms with Gasteiger partial charge in [0, 0.05) is 11.2 Å². The van der Waals surface area contributed by atoms with Crippen LogP contribution in [0.2, 0.25) is 0 Å². The topological polar surface area (TPSA) is 29.4 Å². The van der Waals surface area contributed by atoms with E-state index in [0.717, 1.165) is 5.57 Å². The summed E-state index contributed by atoms with van der Waals surface area (Å²) < 4.78 is 0. The number of hydrogen-bond donors (Lipinski definition) is 0. The zero-order valence-electron chi connectivity index (χ0n) is 6.20. The summed E-state index contributed by atoms with van der Waals surface area (Å²) in [4.78, 5) is 14.8. The van der Waals surface area contributed by atoms with Gasteiger partial charge in [0.2, 0.25) is 0 Å². The second kappa shape index (κ2) is 2.72. The van der Waals surface area contributed by atoms with E-state index in [1.54, 1.807) is 24.3 Å². The molecule has 1 aliphatic carbocycles. The van der Waals surface area contributed by atoms with Crippen molar-refractivity contribution in [3.05, 3.63) is 34.9 Å². The Morgan fingerprint density at radius 1 is 1.50 bits per heavy atom. The number of amides is 1. The Kier molecular flexibility index (Phi) is 1.70. The number of fused-ring (bicyclic) bond motifs is 1. The quantitative estimate of drug-likeness (QED) is 0.558. The highest BCUT2D eigenvalue weighted by Gasteiger charge is 2.22. The van der Waals surface area contributed by atoms with Gasteiger partial charge in [-0.2, -0.15) is 0 Å². The third-order valence-corrected chi connectivity index (χ3v) is 2.08. The Morgan fingerprint density at radius 3 is 3.17 bits per heavy atom. The van der Waals surface area contributed by atoms with Crippen molar-refractivity contribution in [2.75, 3.05) is 0 Å². The highest BCUT2D eigenvalue weighted by molar-refractivity contribution is 6.31. The average molecular weight is 180 g/mol. The van der Waals surface area contributed by atoms with Gasteiger partial charge in [0.1, 0.15) is 0 Å². The van der Waals surface area contributed by atoms with Crippen LogP contribution in [0, 0.1) is 5.92 Å². The lowest BCUT2D eigenvalue weighted by atomic mass is 9.92. The molecule has 1 aliphatic heterocycles. The number of hydrogen-bond acceptors (Lipinski definition) is 1. The molecule has 1 amide bonds. The molecule has 0 N–H and O–H groups in total. The maximum atomic E-state index is 11.2. The number of carbonyl (C=O) groups excluding carboxylic acids is 1. The summed E-state index contributed by atoms with van der Waals surface area (Å²) in [6.07, 6.45) is 8.59. The molecule has 2 aliphatic rings. The molecule has 1 unspecified atom stereocenters. The number of rotatable bonds is 0. The summed E-state index contributed by atoms with van der Waals surface area (Å²) in [6.45, 7) is 0. The number of dihydropyridines is 1. The number of carbonyl (C=O) groups is 1. The van der Waals surface area contributed by atoms with Crippen LogP contribution in [0.5, 0.6) is 0 Å². The number of allylic oxidation sites excluding steroid dienone is 4. The van der Waals surface area contributed by atoms with Crippen molar-refractivity contribution in [1.29, 1.82) is 0 Å². The molecule has 0 bridgehead atoms. The van der Waals surface area contributed by atoms with Crippen LogP contribution in [0.3, 0.4) is 0 Å². The molecule has 0 fully saturated rings. The molecule has 3 heteroatoms. The third-order valence-electron chi connectivity index (χ3n) is 1.85. The van der Waals surface area contributed by atoms with Gasteiger partial charge >= 0.3 is 0 Å². The van der Waals surface area contributed by atoms with Crippen molar-refractivity contribution in [2.45, 2.75) is 0 Å². The van der Waals surface area contributed by atoms with Gasteiger partial charge in [-0.1, -0.05) is 17.7 Å². The maximum Gasteiger partial charge on any atom is 0.257 e. The van der Waals surface area contributed by atoms with Gasteiger partial charge in [0.25, 0.3) is 5.91 Å². The van der Waals surface area contributed by atoms with Crippen molar-refractivity contribution >= 4 is 23.7 Å².